The number of rotatable bonds is 4. The van der Waals surface area contributed by atoms with Crippen molar-refractivity contribution in [2.75, 3.05) is 6.61 Å². The van der Waals surface area contributed by atoms with Gasteiger partial charge in [-0.1, -0.05) is 25.4 Å². The van der Waals surface area contributed by atoms with E-state index in [1.54, 1.807) is 6.07 Å². The zero-order valence-corrected chi connectivity index (χ0v) is 13.1. The second-order valence-electron chi connectivity index (χ2n) is 5.83. The number of nitrogens with zero attached hydrogens (tertiary/aromatic N) is 1. The van der Waals surface area contributed by atoms with Crippen molar-refractivity contribution in [3.63, 3.8) is 0 Å². The Morgan fingerprint density at radius 1 is 1.60 bits per heavy atom. The summed E-state index contributed by atoms with van der Waals surface area (Å²) in [6, 6.07) is 1.80. The number of aromatic nitrogens is 1. The highest BCUT2D eigenvalue weighted by Gasteiger charge is 2.49. The number of pyridine rings is 1. The van der Waals surface area contributed by atoms with Crippen LogP contribution < -0.4 is 5.32 Å². The smallest absolute Gasteiger partial charge is 0.254 e. The lowest BCUT2D eigenvalue weighted by atomic mass is 9.64. The highest BCUT2D eigenvalue weighted by Crippen LogP contribution is 2.42. The first-order chi connectivity index (χ1) is 9.36. The van der Waals surface area contributed by atoms with E-state index in [1.165, 1.54) is 6.20 Å². The molecular weight excluding hydrogens is 276 g/mol. The van der Waals surface area contributed by atoms with Gasteiger partial charge in [-0.05, 0) is 26.3 Å². The van der Waals surface area contributed by atoms with Crippen LogP contribution in [0.1, 0.15) is 43.2 Å². The van der Waals surface area contributed by atoms with E-state index in [0.29, 0.717) is 17.2 Å². The van der Waals surface area contributed by atoms with Crippen molar-refractivity contribution in [2.45, 2.75) is 46.3 Å². The van der Waals surface area contributed by atoms with E-state index in [0.717, 1.165) is 12.1 Å². The van der Waals surface area contributed by atoms with E-state index in [1.807, 2.05) is 13.8 Å². The Balaban J connectivity index is 2.03. The Morgan fingerprint density at radius 2 is 2.30 bits per heavy atom. The number of hydrogen-bond donors (Lipinski definition) is 1. The molecule has 0 bridgehead atoms. The standard InChI is InChI=1S/C15H21ClN2O2/c1-5-20-13-7-12(15(13,3)4)18-14(19)10-8-17-9(2)6-11(10)16/h6,8,12-13H,5,7H2,1-4H3,(H,18,19). The van der Waals surface area contributed by atoms with Gasteiger partial charge in [0.2, 0.25) is 0 Å². The summed E-state index contributed by atoms with van der Waals surface area (Å²) in [5, 5.41) is 3.47. The van der Waals surface area contributed by atoms with Crippen LogP contribution in [0.2, 0.25) is 5.02 Å². The van der Waals surface area contributed by atoms with Gasteiger partial charge in [0.25, 0.3) is 5.91 Å². The van der Waals surface area contributed by atoms with Gasteiger partial charge >= 0.3 is 0 Å². The van der Waals surface area contributed by atoms with Gasteiger partial charge in [-0.25, -0.2) is 0 Å². The molecule has 1 aromatic rings. The number of hydrogen-bond acceptors (Lipinski definition) is 3. The summed E-state index contributed by atoms with van der Waals surface area (Å²) in [5.41, 5.74) is 1.16. The summed E-state index contributed by atoms with van der Waals surface area (Å²) >= 11 is 6.09. The van der Waals surface area contributed by atoms with E-state index >= 15 is 0 Å². The van der Waals surface area contributed by atoms with E-state index in [4.69, 9.17) is 16.3 Å². The van der Waals surface area contributed by atoms with Crippen molar-refractivity contribution in [2.24, 2.45) is 5.41 Å². The van der Waals surface area contributed by atoms with Crippen molar-refractivity contribution in [1.82, 2.24) is 10.3 Å². The molecule has 1 saturated carbocycles. The summed E-state index contributed by atoms with van der Waals surface area (Å²) in [7, 11) is 0. The SMILES string of the molecule is CCOC1CC(NC(=O)c2cnc(C)cc2Cl)C1(C)C. The van der Waals surface area contributed by atoms with Crippen LogP contribution in [0.15, 0.2) is 12.3 Å². The minimum atomic E-state index is -0.171. The van der Waals surface area contributed by atoms with Crippen LogP contribution in [-0.2, 0) is 4.74 Å². The summed E-state index contributed by atoms with van der Waals surface area (Å²) in [5.74, 6) is -0.171. The summed E-state index contributed by atoms with van der Waals surface area (Å²) < 4.78 is 5.66. The van der Waals surface area contributed by atoms with E-state index in [9.17, 15) is 4.79 Å². The van der Waals surface area contributed by atoms with Gasteiger partial charge in [0.05, 0.1) is 16.7 Å². The monoisotopic (exact) mass is 296 g/mol. The van der Waals surface area contributed by atoms with Crippen LogP contribution in [0.4, 0.5) is 0 Å². The third kappa shape index (κ3) is 2.81. The molecule has 20 heavy (non-hydrogen) atoms. The lowest BCUT2D eigenvalue weighted by Crippen LogP contribution is -2.62. The molecule has 1 aliphatic rings. The zero-order valence-electron chi connectivity index (χ0n) is 12.4. The van der Waals surface area contributed by atoms with Crippen molar-refractivity contribution >= 4 is 17.5 Å². The van der Waals surface area contributed by atoms with Crippen LogP contribution >= 0.6 is 11.6 Å². The minimum Gasteiger partial charge on any atom is -0.378 e. The fourth-order valence-electron chi connectivity index (χ4n) is 2.54. The Morgan fingerprint density at radius 3 is 2.85 bits per heavy atom. The first-order valence-electron chi connectivity index (χ1n) is 6.90. The Kier molecular flexibility index (Phi) is 4.35. The van der Waals surface area contributed by atoms with Crippen molar-refractivity contribution in [1.29, 1.82) is 0 Å². The highest BCUT2D eigenvalue weighted by molar-refractivity contribution is 6.33. The van der Waals surface area contributed by atoms with Gasteiger partial charge < -0.3 is 10.1 Å². The predicted octanol–water partition coefficient (Wildman–Crippen LogP) is 2.98. The van der Waals surface area contributed by atoms with E-state index in [2.05, 4.69) is 24.1 Å². The van der Waals surface area contributed by atoms with Crippen molar-refractivity contribution in [3.05, 3.63) is 28.5 Å². The first-order valence-corrected chi connectivity index (χ1v) is 7.28. The molecule has 2 unspecified atom stereocenters. The molecule has 4 nitrogen and oxygen atoms in total. The molecule has 0 aliphatic heterocycles. The van der Waals surface area contributed by atoms with Crippen molar-refractivity contribution < 1.29 is 9.53 Å². The molecule has 110 valence electrons. The maximum absolute atomic E-state index is 12.3. The number of carbonyl (C=O) groups excluding carboxylic acids is 1. The fourth-order valence-corrected chi connectivity index (χ4v) is 2.84. The zero-order chi connectivity index (χ0) is 14.9. The van der Waals surface area contributed by atoms with Gasteiger partial charge in [-0.3, -0.25) is 9.78 Å². The average molecular weight is 297 g/mol. The molecule has 5 heteroatoms. The predicted molar refractivity (Wildman–Crippen MR) is 79.1 cm³/mol. The second-order valence-corrected chi connectivity index (χ2v) is 6.24. The molecule has 0 radical (unpaired) electrons. The number of halogens is 1. The number of carbonyl (C=O) groups is 1. The summed E-state index contributed by atoms with van der Waals surface area (Å²) in [6.45, 7) is 8.74. The van der Waals surface area contributed by atoms with E-state index < -0.39 is 0 Å². The lowest BCUT2D eigenvalue weighted by Gasteiger charge is -2.51. The maximum atomic E-state index is 12.3. The number of aryl methyl sites for hydroxylation is 1. The van der Waals surface area contributed by atoms with Gasteiger partial charge in [-0.15, -0.1) is 0 Å². The molecule has 2 rings (SSSR count). The van der Waals surface area contributed by atoms with Crippen LogP contribution in [0, 0.1) is 12.3 Å². The van der Waals surface area contributed by atoms with Crippen LogP contribution in [0.25, 0.3) is 0 Å². The molecule has 1 N–H and O–H groups in total. The molecule has 2 atom stereocenters. The van der Waals surface area contributed by atoms with Gasteiger partial charge in [0, 0.05) is 30.0 Å². The highest BCUT2D eigenvalue weighted by atomic mass is 35.5. The fraction of sp³-hybridized carbons (Fsp3) is 0.600. The van der Waals surface area contributed by atoms with Gasteiger partial charge in [-0.2, -0.15) is 0 Å². The van der Waals surface area contributed by atoms with E-state index in [-0.39, 0.29) is 23.5 Å². The first kappa shape index (κ1) is 15.3. The summed E-state index contributed by atoms with van der Waals surface area (Å²) in [6.07, 6.45) is 2.56. The third-order valence-corrected chi connectivity index (χ3v) is 4.40. The van der Waals surface area contributed by atoms with Crippen molar-refractivity contribution in [3.8, 4) is 0 Å². The molecule has 1 amide bonds. The Labute approximate surface area is 124 Å². The molecule has 1 aliphatic carbocycles. The molecule has 0 aromatic carbocycles. The Hall–Kier alpha value is -1.13. The largest absolute Gasteiger partial charge is 0.378 e. The average Bonchev–Trinajstić information content (AvgIpc) is 2.37. The Bertz CT molecular complexity index is 517. The summed E-state index contributed by atoms with van der Waals surface area (Å²) in [4.78, 5) is 16.4. The molecule has 1 fully saturated rings. The maximum Gasteiger partial charge on any atom is 0.254 e. The molecule has 0 spiro atoms. The molecule has 0 saturated heterocycles. The van der Waals surface area contributed by atoms with Gasteiger partial charge in [0.1, 0.15) is 0 Å². The minimum absolute atomic E-state index is 0.0593. The van der Waals surface area contributed by atoms with Crippen LogP contribution in [0.5, 0.6) is 0 Å². The number of nitrogens with one attached hydrogen (secondary N) is 1. The lowest BCUT2D eigenvalue weighted by molar-refractivity contribution is -0.111. The second kappa shape index (κ2) is 5.70. The molecule has 1 heterocycles. The van der Waals surface area contributed by atoms with Crippen LogP contribution in [0.3, 0.4) is 0 Å². The normalized spacial score (nSPS) is 24.1. The third-order valence-electron chi connectivity index (χ3n) is 4.09. The molecule has 1 aromatic heterocycles. The molecular formula is C15H21ClN2O2. The van der Waals surface area contributed by atoms with Crippen LogP contribution in [-0.4, -0.2) is 29.6 Å². The number of amides is 1. The number of ether oxygens (including phenoxy) is 1. The van der Waals surface area contributed by atoms with Gasteiger partial charge in [0.15, 0.2) is 0 Å². The topological polar surface area (TPSA) is 51.2 Å². The quantitative estimate of drug-likeness (QED) is 0.929.